The highest BCUT2D eigenvalue weighted by Crippen LogP contribution is 2.36. The van der Waals surface area contributed by atoms with Gasteiger partial charge in [0.25, 0.3) is 5.19 Å². The van der Waals surface area contributed by atoms with Gasteiger partial charge in [-0.25, -0.2) is 18.9 Å². The number of fused-ring (bicyclic) bond motifs is 2. The maximum Gasteiger partial charge on any atom is 0.294 e. The minimum atomic E-state index is -0.665. The molecular formula is C26H22FN5O4S2. The van der Waals surface area contributed by atoms with E-state index in [-0.39, 0.29) is 6.61 Å². The summed E-state index contributed by atoms with van der Waals surface area (Å²) in [6.07, 6.45) is 1.06. The van der Waals surface area contributed by atoms with Gasteiger partial charge >= 0.3 is 0 Å². The second-order valence-corrected chi connectivity index (χ2v) is 10.5. The number of nitrogens with zero attached hydrogens (tertiary/aromatic N) is 5. The summed E-state index contributed by atoms with van der Waals surface area (Å²) < 4.78 is 33.0. The van der Waals surface area contributed by atoms with Gasteiger partial charge in [-0.1, -0.05) is 24.3 Å². The molecule has 0 amide bonds. The number of thiazole rings is 1. The molecule has 0 spiro atoms. The second kappa shape index (κ2) is 9.80. The topological polar surface area (TPSA) is 98.2 Å². The zero-order chi connectivity index (χ0) is 26.4. The summed E-state index contributed by atoms with van der Waals surface area (Å²) in [5, 5.41) is 18.3. The van der Waals surface area contributed by atoms with Gasteiger partial charge in [-0.15, -0.1) is 16.4 Å². The van der Waals surface area contributed by atoms with Crippen molar-refractivity contribution in [2.24, 2.45) is 0 Å². The van der Waals surface area contributed by atoms with Gasteiger partial charge in [0.1, 0.15) is 40.7 Å². The van der Waals surface area contributed by atoms with Crippen LogP contribution in [0.4, 0.5) is 4.39 Å². The third-order valence-corrected chi connectivity index (χ3v) is 7.71. The second-order valence-electron chi connectivity index (χ2n) is 8.74. The van der Waals surface area contributed by atoms with Crippen molar-refractivity contribution in [3.8, 4) is 33.0 Å². The van der Waals surface area contributed by atoms with E-state index in [4.69, 9.17) is 13.9 Å². The molecule has 0 aliphatic rings. The van der Waals surface area contributed by atoms with Crippen LogP contribution in [0.5, 0.6) is 10.9 Å². The lowest BCUT2D eigenvalue weighted by Crippen LogP contribution is -2.18. The van der Waals surface area contributed by atoms with Gasteiger partial charge in [-0.3, -0.25) is 4.90 Å². The molecule has 38 heavy (non-hydrogen) atoms. The first-order valence-corrected chi connectivity index (χ1v) is 13.2. The smallest absolute Gasteiger partial charge is 0.294 e. The van der Waals surface area contributed by atoms with Crippen molar-refractivity contribution < 1.29 is 23.4 Å². The highest BCUT2D eigenvalue weighted by Gasteiger charge is 2.17. The number of methoxy groups -OCH3 is 1. The highest BCUT2D eigenvalue weighted by molar-refractivity contribution is 7.18. The fourth-order valence-corrected chi connectivity index (χ4v) is 5.47. The van der Waals surface area contributed by atoms with Crippen molar-refractivity contribution in [2.75, 3.05) is 21.2 Å². The average molecular weight is 552 g/mol. The molecule has 194 valence electrons. The number of halogens is 1. The van der Waals surface area contributed by atoms with Crippen LogP contribution < -0.4 is 9.47 Å². The Morgan fingerprint density at radius 3 is 2.71 bits per heavy atom. The standard InChI is InChI=1S/C26H22FN5O4S2/c1-31(2)24(33)15-6-4-14(5-7-15)23-28-17(13-37-23)12-35-20-8-16(27)9-21-18(20)10-22(36-21)19-11-32-25(29-19)38-26(30-32)34-3/h4-11,13,24,33H,12H2,1-3H3. The molecule has 0 bridgehead atoms. The van der Waals surface area contributed by atoms with Crippen LogP contribution in [0.25, 0.3) is 38.0 Å². The number of aliphatic hydroxyl groups excluding tert-OH is 1. The number of furan rings is 1. The van der Waals surface area contributed by atoms with E-state index < -0.39 is 12.0 Å². The van der Waals surface area contributed by atoms with Crippen LogP contribution in [0.3, 0.4) is 0 Å². The maximum atomic E-state index is 14.4. The van der Waals surface area contributed by atoms with Gasteiger partial charge in [0.15, 0.2) is 5.76 Å². The molecule has 0 fully saturated rings. The SMILES string of the molecule is COc1nn2cc(-c3cc4c(OCc5csc(-c6ccc(C(O)N(C)C)cc6)n5)cc(F)cc4o3)nc2s1. The number of aliphatic hydroxyl groups is 1. The first kappa shape index (κ1) is 24.5. The number of imidazole rings is 1. The Balaban J connectivity index is 1.21. The summed E-state index contributed by atoms with van der Waals surface area (Å²) in [6.45, 7) is 0.164. The van der Waals surface area contributed by atoms with Gasteiger partial charge in [0, 0.05) is 23.1 Å². The molecule has 0 saturated heterocycles. The van der Waals surface area contributed by atoms with Crippen molar-refractivity contribution >= 4 is 38.6 Å². The Hall–Kier alpha value is -3.84. The minimum Gasteiger partial charge on any atom is -0.486 e. The molecule has 0 radical (unpaired) electrons. The number of hydrogen-bond acceptors (Lipinski definition) is 10. The Bertz CT molecular complexity index is 1710. The predicted molar refractivity (Wildman–Crippen MR) is 143 cm³/mol. The first-order valence-electron chi connectivity index (χ1n) is 11.5. The van der Waals surface area contributed by atoms with Gasteiger partial charge in [0.05, 0.1) is 24.4 Å². The summed E-state index contributed by atoms with van der Waals surface area (Å²) in [7, 11) is 5.19. The minimum absolute atomic E-state index is 0.164. The van der Waals surface area contributed by atoms with Gasteiger partial charge in [0.2, 0.25) is 4.96 Å². The van der Waals surface area contributed by atoms with Crippen LogP contribution in [0.2, 0.25) is 0 Å². The van der Waals surface area contributed by atoms with Crippen LogP contribution in [0.1, 0.15) is 17.5 Å². The van der Waals surface area contributed by atoms with Crippen molar-refractivity contribution in [1.29, 1.82) is 0 Å². The summed E-state index contributed by atoms with van der Waals surface area (Å²) in [5.74, 6) is 0.364. The summed E-state index contributed by atoms with van der Waals surface area (Å²) in [5.41, 5.74) is 3.39. The number of hydrogen-bond donors (Lipinski definition) is 1. The van der Waals surface area contributed by atoms with E-state index in [1.807, 2.05) is 43.7 Å². The number of aromatic nitrogens is 4. The van der Waals surface area contributed by atoms with Crippen LogP contribution in [-0.2, 0) is 6.61 Å². The number of rotatable bonds is 8. The summed E-state index contributed by atoms with van der Waals surface area (Å²) in [4.78, 5) is 11.6. The molecule has 0 saturated carbocycles. The lowest BCUT2D eigenvalue weighted by atomic mass is 10.1. The van der Waals surface area contributed by atoms with Gasteiger partial charge < -0.3 is 19.0 Å². The Kier molecular flexibility index (Phi) is 6.32. The normalized spacial score (nSPS) is 12.6. The molecule has 6 aromatic rings. The zero-order valence-electron chi connectivity index (χ0n) is 20.6. The van der Waals surface area contributed by atoms with Crippen LogP contribution in [-0.4, -0.2) is 50.8 Å². The Morgan fingerprint density at radius 2 is 1.97 bits per heavy atom. The molecule has 1 atom stereocenters. The molecule has 6 rings (SSSR count). The van der Waals surface area contributed by atoms with Crippen molar-refractivity contribution in [2.45, 2.75) is 12.8 Å². The van der Waals surface area contributed by atoms with E-state index in [9.17, 15) is 9.50 Å². The summed E-state index contributed by atoms with van der Waals surface area (Å²) in [6, 6.07) is 12.1. The molecule has 4 heterocycles. The fraction of sp³-hybridized carbons (Fsp3) is 0.192. The molecule has 12 heteroatoms. The lowest BCUT2D eigenvalue weighted by molar-refractivity contribution is 0.0395. The van der Waals surface area contributed by atoms with Crippen LogP contribution >= 0.6 is 22.7 Å². The lowest BCUT2D eigenvalue weighted by Gasteiger charge is -2.18. The third kappa shape index (κ3) is 4.63. The van der Waals surface area contributed by atoms with Gasteiger partial charge in [-0.2, -0.15) is 0 Å². The molecule has 4 aromatic heterocycles. The zero-order valence-corrected chi connectivity index (χ0v) is 22.2. The number of ether oxygens (including phenoxy) is 2. The van der Waals surface area contributed by atoms with Crippen molar-refractivity contribution in [3.05, 3.63) is 71.1 Å². The number of benzene rings is 2. The predicted octanol–water partition coefficient (Wildman–Crippen LogP) is 5.61. The van der Waals surface area contributed by atoms with Crippen molar-refractivity contribution in [3.63, 3.8) is 0 Å². The van der Waals surface area contributed by atoms with E-state index in [1.165, 1.54) is 34.8 Å². The average Bonchev–Trinajstić information content (AvgIpc) is 3.69. The fourth-order valence-electron chi connectivity index (χ4n) is 3.96. The van der Waals surface area contributed by atoms with E-state index in [0.717, 1.165) is 21.8 Å². The van der Waals surface area contributed by atoms with E-state index in [2.05, 4.69) is 15.1 Å². The quantitative estimate of drug-likeness (QED) is 0.244. The summed E-state index contributed by atoms with van der Waals surface area (Å²) >= 11 is 2.80. The van der Waals surface area contributed by atoms with Crippen molar-refractivity contribution in [1.82, 2.24) is 24.5 Å². The molecular weight excluding hydrogens is 529 g/mol. The monoisotopic (exact) mass is 551 g/mol. The van der Waals surface area contributed by atoms with Crippen LogP contribution in [0, 0.1) is 5.82 Å². The van der Waals surface area contributed by atoms with Gasteiger partial charge in [-0.05, 0) is 37.1 Å². The molecule has 0 aliphatic carbocycles. The van der Waals surface area contributed by atoms with E-state index >= 15 is 0 Å². The molecule has 9 nitrogen and oxygen atoms in total. The Morgan fingerprint density at radius 1 is 1.16 bits per heavy atom. The van der Waals surface area contributed by atoms with E-state index in [0.29, 0.717) is 38.3 Å². The highest BCUT2D eigenvalue weighted by atomic mass is 32.1. The van der Waals surface area contributed by atoms with E-state index in [1.54, 1.807) is 28.8 Å². The largest absolute Gasteiger partial charge is 0.486 e. The molecule has 1 unspecified atom stereocenters. The molecule has 2 aromatic carbocycles. The molecule has 1 N–H and O–H groups in total. The Labute approximate surface area is 224 Å². The third-order valence-electron chi connectivity index (χ3n) is 5.89. The molecule has 0 aliphatic heterocycles. The first-order chi connectivity index (χ1) is 18.4. The van der Waals surface area contributed by atoms with Crippen LogP contribution in [0.15, 0.2) is 58.5 Å². The maximum absolute atomic E-state index is 14.4.